The van der Waals surface area contributed by atoms with Gasteiger partial charge in [-0.1, -0.05) is 13.8 Å². The van der Waals surface area contributed by atoms with Crippen LogP contribution in [0.4, 0.5) is 0 Å². The smallest absolute Gasteiger partial charge is 0.307 e. The average Bonchev–Trinajstić information content (AvgIpc) is 2.14. The molecule has 0 amide bonds. The third-order valence-corrected chi connectivity index (χ3v) is 1.54. The SMILES string of the molecule is CCNCCC(=O)OCC(=O)CC. The molecule has 0 aromatic rings. The van der Waals surface area contributed by atoms with Crippen molar-refractivity contribution >= 4 is 11.8 Å². The van der Waals surface area contributed by atoms with Crippen LogP contribution in [0, 0.1) is 0 Å². The van der Waals surface area contributed by atoms with Crippen LogP contribution in [0.5, 0.6) is 0 Å². The van der Waals surface area contributed by atoms with E-state index in [2.05, 4.69) is 5.32 Å². The zero-order valence-electron chi connectivity index (χ0n) is 8.26. The van der Waals surface area contributed by atoms with E-state index in [0.717, 1.165) is 6.54 Å². The van der Waals surface area contributed by atoms with Gasteiger partial charge >= 0.3 is 5.97 Å². The summed E-state index contributed by atoms with van der Waals surface area (Å²) in [5.41, 5.74) is 0. The van der Waals surface area contributed by atoms with E-state index in [9.17, 15) is 9.59 Å². The van der Waals surface area contributed by atoms with E-state index < -0.39 is 0 Å². The Morgan fingerprint density at radius 1 is 1.31 bits per heavy atom. The molecule has 0 aliphatic rings. The minimum Gasteiger partial charge on any atom is -0.458 e. The summed E-state index contributed by atoms with van der Waals surface area (Å²) in [6, 6.07) is 0. The lowest BCUT2D eigenvalue weighted by Gasteiger charge is -2.03. The lowest BCUT2D eigenvalue weighted by Crippen LogP contribution is -2.20. The molecule has 0 heterocycles. The number of nitrogens with one attached hydrogen (secondary N) is 1. The second kappa shape index (κ2) is 7.73. The Balaban J connectivity index is 3.35. The summed E-state index contributed by atoms with van der Waals surface area (Å²) in [4.78, 5) is 21.7. The van der Waals surface area contributed by atoms with Crippen molar-refractivity contribution in [1.29, 1.82) is 0 Å². The van der Waals surface area contributed by atoms with Gasteiger partial charge in [0.25, 0.3) is 0 Å². The first-order valence-corrected chi connectivity index (χ1v) is 4.58. The highest BCUT2D eigenvalue weighted by molar-refractivity contribution is 5.82. The fourth-order valence-electron chi connectivity index (χ4n) is 0.702. The summed E-state index contributed by atoms with van der Waals surface area (Å²) >= 11 is 0. The van der Waals surface area contributed by atoms with Gasteiger partial charge in [0.05, 0.1) is 6.42 Å². The molecule has 76 valence electrons. The predicted molar refractivity (Wildman–Crippen MR) is 49.4 cm³/mol. The minimum absolute atomic E-state index is 0.0446. The molecular formula is C9H17NO3. The van der Waals surface area contributed by atoms with Crippen LogP contribution in [-0.2, 0) is 14.3 Å². The maximum Gasteiger partial charge on any atom is 0.307 e. The van der Waals surface area contributed by atoms with Crippen LogP contribution in [-0.4, -0.2) is 31.4 Å². The highest BCUT2D eigenvalue weighted by Gasteiger charge is 2.04. The number of ketones is 1. The van der Waals surface area contributed by atoms with E-state index in [-0.39, 0.29) is 18.4 Å². The van der Waals surface area contributed by atoms with Gasteiger partial charge in [0.1, 0.15) is 6.61 Å². The molecule has 0 atom stereocenters. The van der Waals surface area contributed by atoms with E-state index in [0.29, 0.717) is 19.4 Å². The highest BCUT2D eigenvalue weighted by Crippen LogP contribution is 1.88. The van der Waals surface area contributed by atoms with Gasteiger partial charge in [-0.2, -0.15) is 0 Å². The van der Waals surface area contributed by atoms with Gasteiger partial charge in [-0.15, -0.1) is 0 Å². The minimum atomic E-state index is -0.317. The lowest BCUT2D eigenvalue weighted by molar-refractivity contribution is -0.147. The molecule has 4 heteroatoms. The van der Waals surface area contributed by atoms with E-state index in [4.69, 9.17) is 4.74 Å². The van der Waals surface area contributed by atoms with Crippen LogP contribution in [0.3, 0.4) is 0 Å². The molecule has 0 rings (SSSR count). The number of carbonyl (C=O) groups is 2. The Labute approximate surface area is 78.6 Å². The predicted octanol–water partition coefficient (Wildman–Crippen LogP) is 0.508. The molecular weight excluding hydrogens is 170 g/mol. The summed E-state index contributed by atoms with van der Waals surface area (Å²) in [5.74, 6) is -0.362. The molecule has 4 nitrogen and oxygen atoms in total. The second-order valence-electron chi connectivity index (χ2n) is 2.66. The van der Waals surface area contributed by atoms with Crippen molar-refractivity contribution in [3.8, 4) is 0 Å². The van der Waals surface area contributed by atoms with Crippen LogP contribution in [0.2, 0.25) is 0 Å². The molecule has 0 bridgehead atoms. The van der Waals surface area contributed by atoms with Crippen molar-refractivity contribution in [2.24, 2.45) is 0 Å². The summed E-state index contributed by atoms with van der Waals surface area (Å²) in [6.45, 7) is 5.07. The molecule has 0 aromatic heterocycles. The largest absolute Gasteiger partial charge is 0.458 e. The molecule has 1 N–H and O–H groups in total. The van der Waals surface area contributed by atoms with Crippen LogP contribution in [0.1, 0.15) is 26.7 Å². The van der Waals surface area contributed by atoms with E-state index in [1.165, 1.54) is 0 Å². The standard InChI is InChI=1S/C9H17NO3/c1-3-8(11)7-13-9(12)5-6-10-4-2/h10H,3-7H2,1-2H3. The van der Waals surface area contributed by atoms with Gasteiger partial charge < -0.3 is 10.1 Å². The molecule has 0 aliphatic heterocycles. The van der Waals surface area contributed by atoms with Crippen molar-refractivity contribution in [3.63, 3.8) is 0 Å². The van der Waals surface area contributed by atoms with E-state index in [1.54, 1.807) is 6.92 Å². The summed E-state index contributed by atoms with van der Waals surface area (Å²) in [6.07, 6.45) is 0.741. The summed E-state index contributed by atoms with van der Waals surface area (Å²) in [5, 5.41) is 3.00. The molecule has 0 saturated heterocycles. The normalized spacial score (nSPS) is 9.69. The number of rotatable bonds is 7. The average molecular weight is 187 g/mol. The topological polar surface area (TPSA) is 55.4 Å². The van der Waals surface area contributed by atoms with Crippen LogP contribution in [0.15, 0.2) is 0 Å². The molecule has 0 radical (unpaired) electrons. The molecule has 0 unspecified atom stereocenters. The Morgan fingerprint density at radius 2 is 2.00 bits per heavy atom. The molecule has 0 spiro atoms. The zero-order chi connectivity index (χ0) is 10.1. The Morgan fingerprint density at radius 3 is 2.54 bits per heavy atom. The first-order valence-electron chi connectivity index (χ1n) is 4.58. The number of hydrogen-bond acceptors (Lipinski definition) is 4. The lowest BCUT2D eigenvalue weighted by atomic mass is 10.3. The fraction of sp³-hybridized carbons (Fsp3) is 0.778. The summed E-state index contributed by atoms with van der Waals surface area (Å²) < 4.78 is 4.71. The molecule has 0 aliphatic carbocycles. The van der Waals surface area contributed by atoms with Crippen LogP contribution in [0.25, 0.3) is 0 Å². The van der Waals surface area contributed by atoms with Crippen molar-refractivity contribution in [2.75, 3.05) is 19.7 Å². The quantitative estimate of drug-likeness (QED) is 0.466. The van der Waals surface area contributed by atoms with Gasteiger partial charge in [0, 0.05) is 13.0 Å². The molecule has 0 saturated carbocycles. The Hall–Kier alpha value is -0.900. The molecule has 13 heavy (non-hydrogen) atoms. The maximum absolute atomic E-state index is 10.9. The van der Waals surface area contributed by atoms with Crippen molar-refractivity contribution in [3.05, 3.63) is 0 Å². The number of hydrogen-bond donors (Lipinski definition) is 1. The number of ether oxygens (including phenoxy) is 1. The number of esters is 1. The van der Waals surface area contributed by atoms with Crippen molar-refractivity contribution in [2.45, 2.75) is 26.7 Å². The Bertz CT molecular complexity index is 168. The Kier molecular flexibility index (Phi) is 7.20. The van der Waals surface area contributed by atoms with Gasteiger partial charge in [-0.3, -0.25) is 9.59 Å². The molecule has 0 aromatic carbocycles. The van der Waals surface area contributed by atoms with Gasteiger partial charge in [-0.05, 0) is 6.54 Å². The number of carbonyl (C=O) groups excluding carboxylic acids is 2. The first kappa shape index (κ1) is 12.1. The highest BCUT2D eigenvalue weighted by atomic mass is 16.5. The van der Waals surface area contributed by atoms with Crippen LogP contribution < -0.4 is 5.32 Å². The van der Waals surface area contributed by atoms with E-state index >= 15 is 0 Å². The van der Waals surface area contributed by atoms with Gasteiger partial charge in [0.15, 0.2) is 5.78 Å². The monoisotopic (exact) mass is 187 g/mol. The molecule has 0 fully saturated rings. The third-order valence-electron chi connectivity index (χ3n) is 1.54. The van der Waals surface area contributed by atoms with Crippen molar-refractivity contribution < 1.29 is 14.3 Å². The maximum atomic E-state index is 10.9. The van der Waals surface area contributed by atoms with Gasteiger partial charge in [-0.25, -0.2) is 0 Å². The zero-order valence-corrected chi connectivity index (χ0v) is 8.26. The van der Waals surface area contributed by atoms with E-state index in [1.807, 2.05) is 6.92 Å². The fourth-order valence-corrected chi connectivity index (χ4v) is 0.702. The summed E-state index contributed by atoms with van der Waals surface area (Å²) in [7, 11) is 0. The third kappa shape index (κ3) is 7.46. The van der Waals surface area contributed by atoms with Crippen molar-refractivity contribution in [1.82, 2.24) is 5.32 Å². The number of Topliss-reactive ketones (excluding diaryl/α,β-unsaturated/α-hetero) is 1. The first-order chi connectivity index (χ1) is 6.20. The van der Waals surface area contributed by atoms with Gasteiger partial charge in [0.2, 0.25) is 0 Å². The second-order valence-corrected chi connectivity index (χ2v) is 2.66. The van der Waals surface area contributed by atoms with Crippen LogP contribution >= 0.6 is 0 Å².